The van der Waals surface area contributed by atoms with Gasteiger partial charge in [-0.25, -0.2) is 4.79 Å². The summed E-state index contributed by atoms with van der Waals surface area (Å²) in [6, 6.07) is 0. The molecule has 1 aliphatic rings. The molecule has 4 nitrogen and oxygen atoms in total. The molecule has 2 unspecified atom stereocenters. The van der Waals surface area contributed by atoms with Gasteiger partial charge in [0.2, 0.25) is 5.91 Å². The van der Waals surface area contributed by atoms with Gasteiger partial charge >= 0.3 is 5.97 Å². The Kier molecular flexibility index (Phi) is 4.93. The van der Waals surface area contributed by atoms with E-state index in [0.29, 0.717) is 24.3 Å². The zero-order valence-corrected chi connectivity index (χ0v) is 11.5. The third-order valence-electron chi connectivity index (χ3n) is 3.63. The van der Waals surface area contributed by atoms with Crippen molar-refractivity contribution in [3.05, 3.63) is 11.6 Å². The first kappa shape index (κ1) is 14.7. The Hall–Kier alpha value is -1.32. The monoisotopic (exact) mass is 253 g/mol. The molecule has 1 saturated carbocycles. The molecule has 2 N–H and O–H groups in total. The number of rotatable bonds is 4. The summed E-state index contributed by atoms with van der Waals surface area (Å²) >= 11 is 0. The number of carbonyl (C=O) groups is 2. The maximum Gasteiger partial charge on any atom is 0.329 e. The number of amides is 1. The van der Waals surface area contributed by atoms with E-state index in [-0.39, 0.29) is 5.91 Å². The Bertz CT molecular complexity index is 362. The predicted octanol–water partition coefficient (Wildman–Crippen LogP) is 2.49. The number of allylic oxidation sites excluding steroid dienone is 1. The van der Waals surface area contributed by atoms with Gasteiger partial charge in [0.1, 0.15) is 5.54 Å². The first-order valence-electron chi connectivity index (χ1n) is 6.64. The van der Waals surface area contributed by atoms with Gasteiger partial charge in [0.15, 0.2) is 0 Å². The molecule has 0 heterocycles. The van der Waals surface area contributed by atoms with Gasteiger partial charge in [-0.3, -0.25) is 4.79 Å². The molecule has 0 aromatic carbocycles. The van der Waals surface area contributed by atoms with Crippen molar-refractivity contribution in [3.63, 3.8) is 0 Å². The van der Waals surface area contributed by atoms with Crippen LogP contribution in [0.1, 0.15) is 52.9 Å². The van der Waals surface area contributed by atoms with Crippen molar-refractivity contribution in [2.45, 2.75) is 58.4 Å². The lowest BCUT2D eigenvalue weighted by atomic mass is 9.76. The number of carbonyl (C=O) groups excluding carboxylic acids is 1. The highest BCUT2D eigenvalue weighted by Gasteiger charge is 2.43. The molecule has 1 fully saturated rings. The van der Waals surface area contributed by atoms with Crippen LogP contribution in [0.4, 0.5) is 0 Å². The lowest BCUT2D eigenvalue weighted by Gasteiger charge is -2.37. The first-order chi connectivity index (χ1) is 8.41. The third-order valence-corrected chi connectivity index (χ3v) is 3.63. The third kappa shape index (κ3) is 3.34. The molecule has 102 valence electrons. The van der Waals surface area contributed by atoms with Crippen LogP contribution in [0.3, 0.4) is 0 Å². The number of nitrogens with one attached hydrogen (secondary N) is 1. The zero-order valence-electron chi connectivity index (χ0n) is 11.5. The fraction of sp³-hybridized carbons (Fsp3) is 0.714. The van der Waals surface area contributed by atoms with E-state index in [2.05, 4.69) is 5.32 Å². The SMILES string of the molecule is CCC=C(C)C(=O)NC1(C(=O)O)CCCC(C)C1. The van der Waals surface area contributed by atoms with Gasteiger partial charge in [-0.1, -0.05) is 32.8 Å². The number of aliphatic carboxylic acids is 1. The van der Waals surface area contributed by atoms with E-state index in [1.807, 2.05) is 19.9 Å². The Balaban J connectivity index is 2.84. The van der Waals surface area contributed by atoms with Crippen LogP contribution in [0.2, 0.25) is 0 Å². The molecule has 0 spiro atoms. The maximum atomic E-state index is 12.0. The van der Waals surface area contributed by atoms with E-state index in [0.717, 1.165) is 19.3 Å². The van der Waals surface area contributed by atoms with Crippen molar-refractivity contribution >= 4 is 11.9 Å². The average Bonchev–Trinajstić information content (AvgIpc) is 2.29. The maximum absolute atomic E-state index is 12.0. The molecule has 0 aromatic heterocycles. The molecule has 4 heteroatoms. The van der Waals surface area contributed by atoms with Crippen LogP contribution in [0.25, 0.3) is 0 Å². The predicted molar refractivity (Wildman–Crippen MR) is 70.2 cm³/mol. The molecule has 0 aliphatic heterocycles. The Labute approximate surface area is 108 Å². The Morgan fingerprint density at radius 1 is 1.50 bits per heavy atom. The largest absolute Gasteiger partial charge is 0.480 e. The number of carboxylic acid groups (broad SMARTS) is 1. The summed E-state index contributed by atoms with van der Waals surface area (Å²) in [5.74, 6) is -0.828. The number of hydrogen-bond acceptors (Lipinski definition) is 2. The highest BCUT2D eigenvalue weighted by atomic mass is 16.4. The second-order valence-electron chi connectivity index (χ2n) is 5.34. The fourth-order valence-electron chi connectivity index (χ4n) is 2.63. The molecule has 0 aromatic rings. The van der Waals surface area contributed by atoms with E-state index in [1.54, 1.807) is 6.92 Å². The topological polar surface area (TPSA) is 66.4 Å². The Morgan fingerprint density at radius 3 is 2.67 bits per heavy atom. The summed E-state index contributed by atoms with van der Waals surface area (Å²) in [6.07, 6.45) is 5.52. The average molecular weight is 253 g/mol. The van der Waals surface area contributed by atoms with Crippen molar-refractivity contribution in [3.8, 4) is 0 Å². The lowest BCUT2D eigenvalue weighted by Crippen LogP contribution is -2.57. The summed E-state index contributed by atoms with van der Waals surface area (Å²) in [5.41, 5.74) is -0.478. The minimum Gasteiger partial charge on any atom is -0.480 e. The van der Waals surface area contributed by atoms with Gasteiger partial charge in [0, 0.05) is 5.57 Å². The molecule has 2 atom stereocenters. The van der Waals surface area contributed by atoms with Crippen LogP contribution < -0.4 is 5.32 Å². The lowest BCUT2D eigenvalue weighted by molar-refractivity contribution is -0.149. The molecule has 0 saturated heterocycles. The van der Waals surface area contributed by atoms with E-state index in [1.165, 1.54) is 0 Å². The van der Waals surface area contributed by atoms with Crippen LogP contribution >= 0.6 is 0 Å². The summed E-state index contributed by atoms with van der Waals surface area (Å²) in [6.45, 7) is 5.71. The molecule has 1 aliphatic carbocycles. The molecule has 1 amide bonds. The van der Waals surface area contributed by atoms with Crippen molar-refractivity contribution in [2.24, 2.45) is 5.92 Å². The zero-order chi connectivity index (χ0) is 13.8. The Morgan fingerprint density at radius 2 is 2.17 bits per heavy atom. The van der Waals surface area contributed by atoms with Crippen molar-refractivity contribution in [1.29, 1.82) is 0 Å². The van der Waals surface area contributed by atoms with Gasteiger partial charge in [-0.2, -0.15) is 0 Å². The summed E-state index contributed by atoms with van der Waals surface area (Å²) in [7, 11) is 0. The molecule has 0 bridgehead atoms. The van der Waals surface area contributed by atoms with Crippen molar-refractivity contribution < 1.29 is 14.7 Å². The van der Waals surface area contributed by atoms with Gasteiger partial charge in [0.05, 0.1) is 0 Å². The normalized spacial score (nSPS) is 28.8. The van der Waals surface area contributed by atoms with Crippen LogP contribution in [0, 0.1) is 5.92 Å². The molecule has 1 rings (SSSR count). The number of hydrogen-bond donors (Lipinski definition) is 2. The van der Waals surface area contributed by atoms with Gasteiger partial charge in [-0.05, 0) is 32.1 Å². The highest BCUT2D eigenvalue weighted by molar-refractivity contribution is 5.96. The van der Waals surface area contributed by atoms with E-state index < -0.39 is 11.5 Å². The van der Waals surface area contributed by atoms with Crippen molar-refractivity contribution in [2.75, 3.05) is 0 Å². The number of carboxylic acids is 1. The minimum absolute atomic E-state index is 0.256. The highest BCUT2D eigenvalue weighted by Crippen LogP contribution is 2.32. The molecular weight excluding hydrogens is 230 g/mol. The fourth-order valence-corrected chi connectivity index (χ4v) is 2.63. The summed E-state index contributed by atoms with van der Waals surface area (Å²) in [4.78, 5) is 23.5. The summed E-state index contributed by atoms with van der Waals surface area (Å²) in [5, 5.41) is 12.2. The van der Waals surface area contributed by atoms with Crippen LogP contribution in [0.15, 0.2) is 11.6 Å². The van der Waals surface area contributed by atoms with Crippen LogP contribution in [0.5, 0.6) is 0 Å². The van der Waals surface area contributed by atoms with Crippen molar-refractivity contribution in [1.82, 2.24) is 5.32 Å². The smallest absolute Gasteiger partial charge is 0.329 e. The second-order valence-corrected chi connectivity index (χ2v) is 5.34. The van der Waals surface area contributed by atoms with Crippen LogP contribution in [-0.2, 0) is 9.59 Å². The van der Waals surface area contributed by atoms with E-state index in [9.17, 15) is 14.7 Å². The van der Waals surface area contributed by atoms with Gasteiger partial charge in [0.25, 0.3) is 0 Å². The minimum atomic E-state index is -1.07. The van der Waals surface area contributed by atoms with Gasteiger partial charge in [-0.15, -0.1) is 0 Å². The van der Waals surface area contributed by atoms with Crippen LogP contribution in [-0.4, -0.2) is 22.5 Å². The summed E-state index contributed by atoms with van der Waals surface area (Å²) < 4.78 is 0. The first-order valence-corrected chi connectivity index (χ1v) is 6.64. The van der Waals surface area contributed by atoms with Gasteiger partial charge < -0.3 is 10.4 Å². The quantitative estimate of drug-likeness (QED) is 0.756. The molecule has 18 heavy (non-hydrogen) atoms. The standard InChI is InChI=1S/C14H23NO3/c1-4-6-11(3)12(16)15-14(13(17)18)8-5-7-10(2)9-14/h6,10H,4-5,7-9H2,1-3H3,(H,15,16)(H,17,18). The second kappa shape index (κ2) is 6.03. The van der Waals surface area contributed by atoms with E-state index in [4.69, 9.17) is 0 Å². The molecular formula is C14H23NO3. The van der Waals surface area contributed by atoms with E-state index >= 15 is 0 Å². The molecule has 0 radical (unpaired) electrons.